The van der Waals surface area contributed by atoms with Crippen LogP contribution in [0, 0.1) is 32.1 Å². The largest absolute Gasteiger partial charge is 0.388 e. The molecule has 4 aromatic rings. The summed E-state index contributed by atoms with van der Waals surface area (Å²) in [5, 5.41) is 8.84. The molecule has 3 aromatic carbocycles. The number of imide groups is 1. The van der Waals surface area contributed by atoms with Gasteiger partial charge in [-0.05, 0) is 150 Å². The predicted molar refractivity (Wildman–Crippen MR) is 299 cm³/mol. The van der Waals surface area contributed by atoms with E-state index in [1.807, 2.05) is 79.9 Å². The fourth-order valence-corrected chi connectivity index (χ4v) is 8.57. The Kier molecular flexibility index (Phi) is 23.7. The molecule has 1 aromatic heterocycles. The van der Waals surface area contributed by atoms with Gasteiger partial charge in [0.15, 0.2) is 0 Å². The number of anilines is 1. The molecule has 378 valence electrons. The molecule has 9 heteroatoms. The molecule has 1 saturated heterocycles. The van der Waals surface area contributed by atoms with E-state index < -0.39 is 17.5 Å². The van der Waals surface area contributed by atoms with Gasteiger partial charge in [0.1, 0.15) is 6.04 Å². The lowest BCUT2D eigenvalue weighted by Crippen LogP contribution is -2.54. The van der Waals surface area contributed by atoms with E-state index in [0.29, 0.717) is 12.1 Å². The summed E-state index contributed by atoms with van der Waals surface area (Å²) < 4.78 is 0. The van der Waals surface area contributed by atoms with Gasteiger partial charge in [-0.1, -0.05) is 132 Å². The molecule has 2 atom stereocenters. The number of allylic oxidation sites excluding steroid dienone is 6. The van der Waals surface area contributed by atoms with E-state index in [0.717, 1.165) is 71.0 Å². The standard InChI is InChI=1S/C21H22N2O3.C20H28N2.C19H26N2.C2H6/c1-13-4-6-16(7-5-13)17-8-9-18(14(2)12-17)23(15(3)24)19-10-11-20(25)22-21(19)26;1-4-12-22(13-5-2)16-18-10-11-20(21-15-18)19-9-7-8-17(6-3)14-19;1-9-16(15(5)21-19(6,7)10-2)17-11-13(3)12-18(20-8)14(17)4;1-2/h4-9,12,19H,10-11H2,1-3H3,(H,22,25,26);7-11,14-15H,4-6,12-13,16H2,1-3H3;2,9,11-12,17,20-21H,4-5H2,1,3,6-8H3;1-2H3/b;;16-9-;/t;;17-;/m..1./s1. The Morgan fingerprint density at radius 3 is 2.13 bits per heavy atom. The Labute approximate surface area is 427 Å². The van der Waals surface area contributed by atoms with E-state index in [4.69, 9.17) is 6.42 Å². The van der Waals surface area contributed by atoms with Gasteiger partial charge in [0, 0.05) is 61.7 Å². The first-order chi connectivity index (χ1) is 33.9. The number of amides is 3. The maximum Gasteiger partial charge on any atom is 0.249 e. The normalized spacial score (nSPS) is 15.5. The molecule has 71 heavy (non-hydrogen) atoms. The minimum atomic E-state index is -0.658. The number of benzene rings is 3. The quantitative estimate of drug-likeness (QED) is 0.0583. The van der Waals surface area contributed by atoms with Crippen LogP contribution in [-0.4, -0.2) is 59.3 Å². The lowest BCUT2D eigenvalue weighted by molar-refractivity contribution is -0.135. The summed E-state index contributed by atoms with van der Waals surface area (Å²) in [6.45, 7) is 35.8. The first-order valence-electron chi connectivity index (χ1n) is 25.3. The predicted octanol–water partition coefficient (Wildman–Crippen LogP) is 12.8. The van der Waals surface area contributed by atoms with Crippen LogP contribution in [0.25, 0.3) is 22.4 Å². The second-order valence-electron chi connectivity index (χ2n) is 18.4. The van der Waals surface area contributed by atoms with E-state index in [1.54, 1.807) is 0 Å². The van der Waals surface area contributed by atoms with Crippen LogP contribution < -0.4 is 20.9 Å². The first-order valence-corrected chi connectivity index (χ1v) is 25.3. The topological polar surface area (TPSA) is 107 Å². The average molecular weight is 959 g/mol. The summed E-state index contributed by atoms with van der Waals surface area (Å²) in [4.78, 5) is 44.6. The number of aryl methyl sites for hydroxylation is 3. The van der Waals surface area contributed by atoms with Crippen molar-refractivity contribution < 1.29 is 14.4 Å². The number of nitrogens with one attached hydrogen (secondary N) is 3. The van der Waals surface area contributed by atoms with Crippen molar-refractivity contribution in [2.45, 2.75) is 133 Å². The van der Waals surface area contributed by atoms with Gasteiger partial charge in [0.25, 0.3) is 0 Å². The van der Waals surface area contributed by atoms with Gasteiger partial charge >= 0.3 is 0 Å². The van der Waals surface area contributed by atoms with E-state index in [9.17, 15) is 14.4 Å². The van der Waals surface area contributed by atoms with Crippen molar-refractivity contribution in [3.05, 3.63) is 167 Å². The highest BCUT2D eigenvalue weighted by Crippen LogP contribution is 2.34. The van der Waals surface area contributed by atoms with Crippen molar-refractivity contribution in [1.82, 2.24) is 25.8 Å². The maximum atomic E-state index is 12.3. The Balaban J connectivity index is 0.000000279. The second-order valence-corrected chi connectivity index (χ2v) is 18.4. The Bertz CT molecular complexity index is 2570. The number of terminal acetylenes is 1. The number of pyridine rings is 1. The molecule has 3 N–H and O–H groups in total. The van der Waals surface area contributed by atoms with Gasteiger partial charge in [-0.2, -0.15) is 0 Å². The van der Waals surface area contributed by atoms with Crippen LogP contribution >= 0.6 is 0 Å². The molecule has 1 unspecified atom stereocenters. The molecule has 0 spiro atoms. The van der Waals surface area contributed by atoms with Crippen molar-refractivity contribution in [1.29, 1.82) is 0 Å². The van der Waals surface area contributed by atoms with Crippen LogP contribution in [0.3, 0.4) is 0 Å². The zero-order valence-corrected chi connectivity index (χ0v) is 45.2. The number of carbonyl (C=O) groups is 3. The minimum absolute atomic E-state index is 0.107. The van der Waals surface area contributed by atoms with Gasteiger partial charge in [-0.25, -0.2) is 0 Å². The molecular weight excluding hydrogens is 877 g/mol. The fraction of sp³-hybridized carbons (Fsp3) is 0.387. The van der Waals surface area contributed by atoms with Crippen LogP contribution in [0.1, 0.15) is 117 Å². The molecule has 1 fully saturated rings. The van der Waals surface area contributed by atoms with E-state index in [-0.39, 0.29) is 24.2 Å². The van der Waals surface area contributed by atoms with Crippen molar-refractivity contribution >= 4 is 23.4 Å². The molecule has 6 rings (SSSR count). The molecule has 1 aliphatic carbocycles. The average Bonchev–Trinajstić information content (AvgIpc) is 3.35. The van der Waals surface area contributed by atoms with Crippen LogP contribution in [0.15, 0.2) is 145 Å². The molecule has 3 amide bonds. The van der Waals surface area contributed by atoms with Crippen LogP contribution in [0.4, 0.5) is 5.69 Å². The summed E-state index contributed by atoms with van der Waals surface area (Å²) in [5.41, 5.74) is 14.7. The van der Waals surface area contributed by atoms with Gasteiger partial charge in [0.2, 0.25) is 17.7 Å². The number of nitrogens with zero attached hydrogens (tertiary/aromatic N) is 3. The highest BCUT2D eigenvalue weighted by atomic mass is 16.2. The van der Waals surface area contributed by atoms with Crippen LogP contribution in [0.5, 0.6) is 0 Å². The number of carbonyl (C=O) groups excluding carboxylic acids is 3. The molecule has 0 bridgehead atoms. The van der Waals surface area contributed by atoms with Crippen molar-refractivity contribution in [3.8, 4) is 34.7 Å². The first kappa shape index (κ1) is 58.6. The lowest BCUT2D eigenvalue weighted by atomic mass is 9.82. The van der Waals surface area contributed by atoms with Gasteiger partial charge in [-0.3, -0.25) is 34.5 Å². The Morgan fingerprint density at radius 1 is 0.930 bits per heavy atom. The van der Waals surface area contributed by atoms with E-state index >= 15 is 0 Å². The van der Waals surface area contributed by atoms with Gasteiger partial charge in [0.05, 0.1) is 11.2 Å². The lowest BCUT2D eigenvalue weighted by Gasteiger charge is -2.33. The highest BCUT2D eigenvalue weighted by Gasteiger charge is 2.35. The molecule has 0 saturated carbocycles. The summed E-state index contributed by atoms with van der Waals surface area (Å²) in [7, 11) is 1.91. The van der Waals surface area contributed by atoms with Crippen LogP contribution in [-0.2, 0) is 27.3 Å². The maximum absolute atomic E-state index is 12.3. The monoisotopic (exact) mass is 959 g/mol. The van der Waals surface area contributed by atoms with Crippen LogP contribution in [0.2, 0.25) is 0 Å². The van der Waals surface area contributed by atoms with Gasteiger partial charge < -0.3 is 10.6 Å². The third kappa shape index (κ3) is 17.3. The summed E-state index contributed by atoms with van der Waals surface area (Å²) >= 11 is 0. The zero-order valence-electron chi connectivity index (χ0n) is 45.2. The summed E-state index contributed by atoms with van der Waals surface area (Å²) in [6, 6.07) is 26.5. The van der Waals surface area contributed by atoms with E-state index in [2.05, 4.69) is 151 Å². The smallest absolute Gasteiger partial charge is 0.249 e. The molecule has 1 aliphatic heterocycles. The second kappa shape index (κ2) is 28.8. The third-order valence-electron chi connectivity index (χ3n) is 12.3. The number of hydrogen-bond acceptors (Lipinski definition) is 7. The minimum Gasteiger partial charge on any atom is -0.388 e. The Hall–Kier alpha value is -6.76. The summed E-state index contributed by atoms with van der Waals surface area (Å²) in [5.74, 6) is 1.92. The third-order valence-corrected chi connectivity index (χ3v) is 12.3. The molecule has 9 nitrogen and oxygen atoms in total. The zero-order chi connectivity index (χ0) is 52.8. The van der Waals surface area contributed by atoms with Crippen molar-refractivity contribution in [3.63, 3.8) is 0 Å². The fourth-order valence-electron chi connectivity index (χ4n) is 8.57. The van der Waals surface area contributed by atoms with Crippen molar-refractivity contribution in [2.75, 3.05) is 25.0 Å². The highest BCUT2D eigenvalue weighted by molar-refractivity contribution is 6.07. The summed E-state index contributed by atoms with van der Waals surface area (Å²) in [6.07, 6.45) is 18.0. The SMILES string of the molecule is C#CC(C)(C)NC(=C)/C(=C/C)[C@@H]1C=C(C)C=C(NC)C1=C.CC.CC(=O)N(c1ccc(-c2ccc(C)cc2)cc1C)C1CCC(=O)NC1=O.CCCN(CCC)Cc1ccc(-c2cccc(CC)c2)nc1. The number of piperidine rings is 1. The Morgan fingerprint density at radius 2 is 1.59 bits per heavy atom. The number of rotatable bonds is 16. The van der Waals surface area contributed by atoms with Crippen molar-refractivity contribution in [2.24, 2.45) is 5.92 Å². The number of aromatic nitrogens is 1. The molecule has 2 heterocycles. The number of hydrogen-bond donors (Lipinski definition) is 3. The van der Waals surface area contributed by atoms with E-state index in [1.165, 1.54) is 52.5 Å². The van der Waals surface area contributed by atoms with Gasteiger partial charge in [-0.15, -0.1) is 6.42 Å². The number of likely N-dealkylation sites (N-methyl/N-ethyl adjacent to an activating group) is 1. The molecule has 0 radical (unpaired) electrons. The molecular formula is C62H82N6O3. The molecule has 2 aliphatic rings.